The van der Waals surface area contributed by atoms with E-state index in [1.165, 1.54) is 11.1 Å². The first-order chi connectivity index (χ1) is 7.16. The number of nitrogens with one attached hydrogen (secondary N) is 1. The van der Waals surface area contributed by atoms with Gasteiger partial charge in [0.1, 0.15) is 0 Å². The lowest BCUT2D eigenvalue weighted by molar-refractivity contribution is 0.836. The minimum atomic E-state index is 0.536. The summed E-state index contributed by atoms with van der Waals surface area (Å²) in [4.78, 5) is 3.37. The first-order valence-electron chi connectivity index (χ1n) is 5.55. The summed E-state index contributed by atoms with van der Waals surface area (Å²) in [5.74, 6) is 0.536. The highest BCUT2D eigenvalue weighted by Gasteiger charge is 2.03. The smallest absolute Gasteiger partial charge is 0.0457 e. The molecular weight excluding hydrogens is 184 g/mol. The van der Waals surface area contributed by atoms with Crippen LogP contribution in [0.4, 0.5) is 5.69 Å². The van der Waals surface area contributed by atoms with E-state index in [0.717, 1.165) is 11.2 Å². The normalized spacial score (nSPS) is 10.2. The highest BCUT2D eigenvalue weighted by Crippen LogP contribution is 2.22. The van der Waals surface area contributed by atoms with Crippen LogP contribution in [-0.4, -0.2) is 4.98 Å². The molecule has 1 aromatic carbocycles. The van der Waals surface area contributed by atoms with E-state index < -0.39 is 0 Å². The highest BCUT2D eigenvalue weighted by atomic mass is 14.7. The molecule has 0 saturated carbocycles. The van der Waals surface area contributed by atoms with Gasteiger partial charge in [0.15, 0.2) is 0 Å². The van der Waals surface area contributed by atoms with E-state index in [4.69, 9.17) is 5.73 Å². The number of aromatic nitrogens is 1. The third-order valence-electron chi connectivity index (χ3n) is 2.29. The van der Waals surface area contributed by atoms with Gasteiger partial charge in [0.05, 0.1) is 0 Å². The quantitative estimate of drug-likeness (QED) is 0.680. The SMILES string of the molecule is CC.CC(C)c1cc2cc(N)ccc2[nH]1. The number of hydrogen-bond acceptors (Lipinski definition) is 1. The number of nitrogens with two attached hydrogens (primary N) is 1. The fourth-order valence-corrected chi connectivity index (χ4v) is 1.48. The van der Waals surface area contributed by atoms with Crippen LogP contribution >= 0.6 is 0 Å². The van der Waals surface area contributed by atoms with Gasteiger partial charge in [-0.2, -0.15) is 0 Å². The van der Waals surface area contributed by atoms with E-state index in [1.54, 1.807) is 0 Å². The molecule has 0 atom stereocenters. The molecule has 2 nitrogen and oxygen atoms in total. The Hall–Kier alpha value is -1.44. The Balaban J connectivity index is 0.000000531. The summed E-state index contributed by atoms with van der Waals surface area (Å²) >= 11 is 0. The van der Waals surface area contributed by atoms with Gasteiger partial charge in [0.25, 0.3) is 0 Å². The Bertz CT molecular complexity index is 427. The number of rotatable bonds is 1. The standard InChI is InChI=1S/C11H14N2.C2H6/c1-7(2)11-6-8-5-9(12)3-4-10(8)13-11;1-2/h3-7,13H,12H2,1-2H3;1-2H3. The first-order valence-corrected chi connectivity index (χ1v) is 5.55. The minimum Gasteiger partial charge on any atom is -0.399 e. The van der Waals surface area contributed by atoms with Crippen molar-refractivity contribution in [2.24, 2.45) is 0 Å². The summed E-state index contributed by atoms with van der Waals surface area (Å²) in [6.07, 6.45) is 0. The topological polar surface area (TPSA) is 41.8 Å². The van der Waals surface area contributed by atoms with Crippen LogP contribution in [0.1, 0.15) is 39.3 Å². The molecule has 0 fully saturated rings. The second-order valence-electron chi connectivity index (χ2n) is 3.73. The van der Waals surface area contributed by atoms with Crippen molar-refractivity contribution < 1.29 is 0 Å². The van der Waals surface area contributed by atoms with Gasteiger partial charge in [0, 0.05) is 22.3 Å². The average molecular weight is 204 g/mol. The maximum Gasteiger partial charge on any atom is 0.0457 e. The number of aromatic amines is 1. The van der Waals surface area contributed by atoms with E-state index in [0.29, 0.717) is 5.92 Å². The molecule has 0 bridgehead atoms. The molecule has 1 aromatic heterocycles. The Morgan fingerprint density at radius 2 is 1.80 bits per heavy atom. The Morgan fingerprint density at radius 3 is 2.40 bits per heavy atom. The predicted molar refractivity (Wildman–Crippen MR) is 68.1 cm³/mol. The third kappa shape index (κ3) is 2.52. The van der Waals surface area contributed by atoms with Crippen LogP contribution in [0.3, 0.4) is 0 Å². The maximum absolute atomic E-state index is 5.70. The van der Waals surface area contributed by atoms with Crippen LogP contribution in [0.5, 0.6) is 0 Å². The molecule has 82 valence electrons. The van der Waals surface area contributed by atoms with Crippen molar-refractivity contribution in [3.63, 3.8) is 0 Å². The molecule has 0 aliphatic heterocycles. The summed E-state index contributed by atoms with van der Waals surface area (Å²) in [6, 6.07) is 8.10. The maximum atomic E-state index is 5.70. The van der Waals surface area contributed by atoms with Crippen molar-refractivity contribution in [2.75, 3.05) is 5.73 Å². The van der Waals surface area contributed by atoms with Crippen molar-refractivity contribution in [1.29, 1.82) is 0 Å². The highest BCUT2D eigenvalue weighted by molar-refractivity contribution is 5.83. The van der Waals surface area contributed by atoms with Gasteiger partial charge < -0.3 is 10.7 Å². The molecule has 15 heavy (non-hydrogen) atoms. The lowest BCUT2D eigenvalue weighted by Gasteiger charge is -1.97. The zero-order chi connectivity index (χ0) is 11.4. The van der Waals surface area contributed by atoms with Crippen LogP contribution in [0, 0.1) is 0 Å². The molecule has 0 aliphatic rings. The van der Waals surface area contributed by atoms with Crippen molar-refractivity contribution >= 4 is 16.6 Å². The van der Waals surface area contributed by atoms with Gasteiger partial charge in [-0.25, -0.2) is 0 Å². The summed E-state index contributed by atoms with van der Waals surface area (Å²) in [5, 5.41) is 1.20. The number of benzene rings is 1. The Kier molecular flexibility index (Phi) is 3.78. The molecule has 2 aromatic rings. The van der Waals surface area contributed by atoms with Crippen molar-refractivity contribution in [3.05, 3.63) is 30.0 Å². The Labute approximate surface area is 91.5 Å². The molecule has 0 radical (unpaired) electrons. The molecule has 0 saturated heterocycles. The number of fused-ring (bicyclic) bond motifs is 1. The Morgan fingerprint density at radius 1 is 1.13 bits per heavy atom. The molecule has 0 aliphatic carbocycles. The van der Waals surface area contributed by atoms with E-state index in [1.807, 2.05) is 32.0 Å². The zero-order valence-electron chi connectivity index (χ0n) is 9.96. The lowest BCUT2D eigenvalue weighted by Crippen LogP contribution is -1.84. The number of nitrogen functional groups attached to an aromatic ring is 1. The molecule has 2 rings (SSSR count). The van der Waals surface area contributed by atoms with Gasteiger partial charge in [0.2, 0.25) is 0 Å². The summed E-state index contributed by atoms with van der Waals surface area (Å²) in [7, 11) is 0. The van der Waals surface area contributed by atoms with Gasteiger partial charge >= 0.3 is 0 Å². The van der Waals surface area contributed by atoms with Crippen molar-refractivity contribution in [2.45, 2.75) is 33.6 Å². The van der Waals surface area contributed by atoms with Gasteiger partial charge in [-0.15, -0.1) is 0 Å². The van der Waals surface area contributed by atoms with Crippen molar-refractivity contribution in [3.8, 4) is 0 Å². The second-order valence-corrected chi connectivity index (χ2v) is 3.73. The molecule has 1 heterocycles. The van der Waals surface area contributed by atoms with Crippen LogP contribution in [0.2, 0.25) is 0 Å². The second kappa shape index (κ2) is 4.87. The van der Waals surface area contributed by atoms with E-state index >= 15 is 0 Å². The largest absolute Gasteiger partial charge is 0.399 e. The fraction of sp³-hybridized carbons (Fsp3) is 0.385. The van der Waals surface area contributed by atoms with Gasteiger partial charge in [-0.05, 0) is 30.2 Å². The van der Waals surface area contributed by atoms with Crippen LogP contribution < -0.4 is 5.73 Å². The fourth-order valence-electron chi connectivity index (χ4n) is 1.48. The van der Waals surface area contributed by atoms with Gasteiger partial charge in [-0.3, -0.25) is 0 Å². The molecule has 0 unspecified atom stereocenters. The summed E-state index contributed by atoms with van der Waals surface area (Å²) in [6.45, 7) is 8.35. The number of hydrogen-bond donors (Lipinski definition) is 2. The molecule has 0 amide bonds. The summed E-state index contributed by atoms with van der Waals surface area (Å²) < 4.78 is 0. The molecule has 3 N–H and O–H groups in total. The van der Waals surface area contributed by atoms with E-state index in [9.17, 15) is 0 Å². The molecule has 0 spiro atoms. The third-order valence-corrected chi connectivity index (χ3v) is 2.29. The van der Waals surface area contributed by atoms with Crippen LogP contribution in [0.15, 0.2) is 24.3 Å². The van der Waals surface area contributed by atoms with E-state index in [-0.39, 0.29) is 0 Å². The molecular formula is C13H20N2. The van der Waals surface area contributed by atoms with Crippen LogP contribution in [-0.2, 0) is 0 Å². The number of anilines is 1. The molecule has 2 heteroatoms. The zero-order valence-corrected chi connectivity index (χ0v) is 9.96. The number of H-pyrrole nitrogens is 1. The first kappa shape index (κ1) is 11.6. The minimum absolute atomic E-state index is 0.536. The summed E-state index contributed by atoms with van der Waals surface area (Å²) in [5.41, 5.74) is 8.95. The monoisotopic (exact) mass is 204 g/mol. The lowest BCUT2D eigenvalue weighted by atomic mass is 10.1. The van der Waals surface area contributed by atoms with Crippen LogP contribution in [0.25, 0.3) is 10.9 Å². The van der Waals surface area contributed by atoms with Crippen molar-refractivity contribution in [1.82, 2.24) is 4.98 Å². The average Bonchev–Trinajstić information content (AvgIpc) is 2.63. The van der Waals surface area contributed by atoms with E-state index in [2.05, 4.69) is 24.9 Å². The predicted octanol–water partition coefficient (Wildman–Crippen LogP) is 3.90. The van der Waals surface area contributed by atoms with Gasteiger partial charge in [-0.1, -0.05) is 27.7 Å².